The summed E-state index contributed by atoms with van der Waals surface area (Å²) in [6.07, 6.45) is 2.04. The number of hydrogen-bond donors (Lipinski definition) is 1. The minimum absolute atomic E-state index is 0.115. The summed E-state index contributed by atoms with van der Waals surface area (Å²) in [6.45, 7) is 0.661. The smallest absolute Gasteiger partial charge is 0.333 e. The molecule has 1 N–H and O–H groups in total. The number of carbonyl (C=O) groups is 2. The van der Waals surface area contributed by atoms with E-state index in [1.54, 1.807) is 39.5 Å². The van der Waals surface area contributed by atoms with E-state index in [-0.39, 0.29) is 17.2 Å². The van der Waals surface area contributed by atoms with Crippen molar-refractivity contribution >= 4 is 34.4 Å². The van der Waals surface area contributed by atoms with Gasteiger partial charge in [0.05, 0.1) is 52.8 Å². The fraction of sp³-hybridized carbons (Fsp3) is 0.174. The fourth-order valence-electron chi connectivity index (χ4n) is 3.99. The minimum Gasteiger partial charge on any atom is -0.333 e. The molecule has 2 amide bonds. The summed E-state index contributed by atoms with van der Waals surface area (Å²) >= 11 is 1.31. The maximum atomic E-state index is 13.1. The van der Waals surface area contributed by atoms with Gasteiger partial charge in [0.2, 0.25) is 0 Å². The van der Waals surface area contributed by atoms with E-state index >= 15 is 0 Å². The predicted molar refractivity (Wildman–Crippen MR) is 120 cm³/mol. The summed E-state index contributed by atoms with van der Waals surface area (Å²) in [5.41, 5.74) is 0.770. The number of aromatic nitrogens is 3. The molecule has 0 atom stereocenters. The first-order valence-corrected chi connectivity index (χ1v) is 11.2. The van der Waals surface area contributed by atoms with Crippen molar-refractivity contribution in [1.29, 1.82) is 5.26 Å². The molecule has 0 fully saturated rings. The molecule has 5 rings (SSSR count). The minimum atomic E-state index is -4.65. The van der Waals surface area contributed by atoms with E-state index in [1.165, 1.54) is 23.6 Å². The molecule has 176 valence electrons. The van der Waals surface area contributed by atoms with E-state index in [4.69, 9.17) is 5.26 Å². The quantitative estimate of drug-likeness (QED) is 0.459. The average Bonchev–Trinajstić information content (AvgIpc) is 3.47. The molecule has 8 nitrogen and oxygen atoms in total. The Hall–Kier alpha value is -4.24. The van der Waals surface area contributed by atoms with Gasteiger partial charge >= 0.3 is 6.18 Å². The van der Waals surface area contributed by atoms with E-state index in [9.17, 15) is 22.8 Å². The van der Waals surface area contributed by atoms with Crippen molar-refractivity contribution < 1.29 is 22.8 Å². The molecule has 12 heteroatoms. The Morgan fingerprint density at radius 1 is 1.17 bits per heavy atom. The zero-order valence-electron chi connectivity index (χ0n) is 17.8. The van der Waals surface area contributed by atoms with Crippen LogP contribution >= 0.6 is 11.3 Å². The lowest BCUT2D eigenvalue weighted by Gasteiger charge is -2.27. The van der Waals surface area contributed by atoms with Crippen molar-refractivity contribution in [3.8, 4) is 6.07 Å². The van der Waals surface area contributed by atoms with Crippen LogP contribution in [0.4, 0.5) is 18.9 Å². The van der Waals surface area contributed by atoms with Crippen LogP contribution < -0.4 is 5.32 Å². The number of halogens is 3. The van der Waals surface area contributed by atoms with Crippen LogP contribution in [0.25, 0.3) is 5.52 Å². The first-order chi connectivity index (χ1) is 16.7. The van der Waals surface area contributed by atoms with E-state index < -0.39 is 17.6 Å². The maximum Gasteiger partial charge on any atom is 0.416 e. The molecule has 3 aromatic heterocycles. The number of thiophene rings is 1. The normalized spacial score (nSPS) is 13.4. The van der Waals surface area contributed by atoms with Gasteiger partial charge in [0, 0.05) is 34.9 Å². The highest BCUT2D eigenvalue weighted by atomic mass is 32.1. The fourth-order valence-corrected chi connectivity index (χ4v) is 5.08. The summed E-state index contributed by atoms with van der Waals surface area (Å²) < 4.78 is 41.0. The largest absolute Gasteiger partial charge is 0.416 e. The number of amides is 2. The molecule has 0 spiro atoms. The molecule has 0 radical (unpaired) electrons. The number of nitrogens with zero attached hydrogens (tertiary/aromatic N) is 5. The molecule has 4 heterocycles. The standard InChI is InChI=1S/C23H15F3N6O2S/c24-23(25,26)14-5-13(8-27)6-15(7-14)30-21(33)18-12-35-20-11-31(3-1-16(18)20)22(34)17-9-29-32-4-2-28-10-19(17)32/h2,4-7,9-10,12H,1,3,11H2,(H,30,33). The van der Waals surface area contributed by atoms with Crippen LogP contribution in [0, 0.1) is 11.3 Å². The first-order valence-electron chi connectivity index (χ1n) is 10.3. The number of hydrogen-bond acceptors (Lipinski definition) is 6. The summed E-state index contributed by atoms with van der Waals surface area (Å²) in [6, 6.07) is 4.40. The third-order valence-electron chi connectivity index (χ3n) is 5.68. The number of benzene rings is 1. The van der Waals surface area contributed by atoms with Gasteiger partial charge < -0.3 is 10.2 Å². The van der Waals surface area contributed by atoms with Gasteiger partial charge in [0.1, 0.15) is 0 Å². The van der Waals surface area contributed by atoms with Crippen LogP contribution in [-0.2, 0) is 19.1 Å². The zero-order valence-corrected chi connectivity index (χ0v) is 18.7. The molecule has 0 saturated heterocycles. The number of anilines is 1. The van der Waals surface area contributed by atoms with Gasteiger partial charge in [-0.05, 0) is 30.2 Å². The van der Waals surface area contributed by atoms with Crippen LogP contribution in [0.5, 0.6) is 0 Å². The molecule has 1 aliphatic heterocycles. The highest BCUT2D eigenvalue weighted by Crippen LogP contribution is 2.33. The van der Waals surface area contributed by atoms with Gasteiger partial charge in [0.25, 0.3) is 11.8 Å². The van der Waals surface area contributed by atoms with Crippen LogP contribution in [0.2, 0.25) is 0 Å². The lowest BCUT2D eigenvalue weighted by atomic mass is 10.0. The second kappa shape index (κ2) is 8.52. The van der Waals surface area contributed by atoms with Crippen LogP contribution in [0.15, 0.2) is 48.4 Å². The second-order valence-electron chi connectivity index (χ2n) is 7.85. The predicted octanol–water partition coefficient (Wildman–Crippen LogP) is 4.13. The van der Waals surface area contributed by atoms with Crippen LogP contribution in [-0.4, -0.2) is 37.9 Å². The van der Waals surface area contributed by atoms with E-state index in [0.29, 0.717) is 36.2 Å². The lowest BCUT2D eigenvalue weighted by Crippen LogP contribution is -2.35. The molecule has 0 bridgehead atoms. The number of nitrogens with one attached hydrogen (secondary N) is 1. The van der Waals surface area contributed by atoms with Crippen molar-refractivity contribution in [3.05, 3.63) is 81.1 Å². The van der Waals surface area contributed by atoms with Crippen molar-refractivity contribution in [2.45, 2.75) is 19.1 Å². The Bertz CT molecular complexity index is 1520. The molecule has 0 aliphatic carbocycles. The summed E-state index contributed by atoms with van der Waals surface area (Å²) in [7, 11) is 0. The molecule has 1 aromatic carbocycles. The average molecular weight is 496 g/mol. The van der Waals surface area contributed by atoms with Gasteiger partial charge in [-0.1, -0.05) is 0 Å². The molecule has 0 saturated carbocycles. The molecule has 35 heavy (non-hydrogen) atoms. The van der Waals surface area contributed by atoms with Gasteiger partial charge in [-0.25, -0.2) is 4.52 Å². The number of carbonyl (C=O) groups excluding carboxylic acids is 2. The number of rotatable bonds is 3. The second-order valence-corrected chi connectivity index (χ2v) is 8.82. The topological polar surface area (TPSA) is 103 Å². The molecular weight excluding hydrogens is 481 g/mol. The highest BCUT2D eigenvalue weighted by molar-refractivity contribution is 7.10. The van der Waals surface area contributed by atoms with Crippen LogP contribution in [0.3, 0.4) is 0 Å². The number of alkyl halides is 3. The molecular formula is C23H15F3N6O2S. The van der Waals surface area contributed by atoms with Gasteiger partial charge in [-0.3, -0.25) is 14.6 Å². The van der Waals surface area contributed by atoms with Crippen molar-refractivity contribution in [2.75, 3.05) is 11.9 Å². The Labute approximate surface area is 200 Å². The Kier molecular flexibility index (Phi) is 5.49. The molecule has 4 aromatic rings. The first kappa shape index (κ1) is 22.5. The lowest BCUT2D eigenvalue weighted by molar-refractivity contribution is -0.137. The summed E-state index contributed by atoms with van der Waals surface area (Å²) in [5.74, 6) is -0.773. The highest BCUT2D eigenvalue weighted by Gasteiger charge is 2.32. The Morgan fingerprint density at radius 3 is 2.77 bits per heavy atom. The van der Waals surface area contributed by atoms with Gasteiger partial charge in [-0.15, -0.1) is 11.3 Å². The molecule has 1 aliphatic rings. The monoisotopic (exact) mass is 496 g/mol. The maximum absolute atomic E-state index is 13.1. The summed E-state index contributed by atoms with van der Waals surface area (Å²) in [5, 5.41) is 17.3. The van der Waals surface area contributed by atoms with E-state index in [2.05, 4.69) is 15.4 Å². The van der Waals surface area contributed by atoms with Crippen molar-refractivity contribution in [3.63, 3.8) is 0 Å². The van der Waals surface area contributed by atoms with E-state index in [0.717, 1.165) is 22.6 Å². The van der Waals surface area contributed by atoms with E-state index in [1.807, 2.05) is 0 Å². The Balaban J connectivity index is 1.35. The SMILES string of the molecule is N#Cc1cc(NC(=O)c2csc3c2CCN(C(=O)c2cnn4ccncc24)C3)cc(C(F)(F)F)c1. The summed E-state index contributed by atoms with van der Waals surface area (Å²) in [4.78, 5) is 32.5. The zero-order chi connectivity index (χ0) is 24.7. The number of fused-ring (bicyclic) bond motifs is 2. The molecule has 0 unspecified atom stereocenters. The van der Waals surface area contributed by atoms with Crippen LogP contribution in [0.1, 0.15) is 42.3 Å². The third-order valence-corrected chi connectivity index (χ3v) is 6.69. The van der Waals surface area contributed by atoms with Gasteiger partial charge in [0.15, 0.2) is 0 Å². The number of nitriles is 1. The van der Waals surface area contributed by atoms with Gasteiger partial charge in [-0.2, -0.15) is 23.5 Å². The Morgan fingerprint density at radius 2 is 2.00 bits per heavy atom. The van der Waals surface area contributed by atoms with Crippen molar-refractivity contribution in [1.82, 2.24) is 19.5 Å². The van der Waals surface area contributed by atoms with Crippen molar-refractivity contribution in [2.24, 2.45) is 0 Å². The third kappa shape index (κ3) is 4.22.